The number of nitrogens with two attached hydrogens (primary N) is 1. The van der Waals surface area contributed by atoms with Crippen molar-refractivity contribution < 1.29 is 4.57 Å². The second-order valence-corrected chi connectivity index (χ2v) is 4.43. The SMILES string of the molecule is C[n+]1c(-c2ccccc2)cc(N)c2ccccc21. The van der Waals surface area contributed by atoms with Crippen LogP contribution in [0.3, 0.4) is 0 Å². The van der Waals surface area contributed by atoms with Crippen LogP contribution in [0.25, 0.3) is 22.2 Å². The summed E-state index contributed by atoms with van der Waals surface area (Å²) in [6.45, 7) is 0. The van der Waals surface area contributed by atoms with Gasteiger partial charge in [0.25, 0.3) is 0 Å². The van der Waals surface area contributed by atoms with Crippen molar-refractivity contribution in [3.8, 4) is 11.3 Å². The molecule has 3 aromatic rings. The molecule has 2 aromatic carbocycles. The number of aryl methyl sites for hydroxylation is 1. The third-order valence-corrected chi connectivity index (χ3v) is 3.30. The van der Waals surface area contributed by atoms with E-state index in [0.29, 0.717) is 0 Å². The van der Waals surface area contributed by atoms with Crippen LogP contribution in [0.4, 0.5) is 5.69 Å². The first-order chi connectivity index (χ1) is 8.77. The van der Waals surface area contributed by atoms with Crippen molar-refractivity contribution in [3.63, 3.8) is 0 Å². The number of anilines is 1. The number of pyridine rings is 1. The summed E-state index contributed by atoms with van der Waals surface area (Å²) in [5.74, 6) is 0. The highest BCUT2D eigenvalue weighted by atomic mass is 14.9. The molecule has 3 rings (SSSR count). The van der Waals surface area contributed by atoms with E-state index in [9.17, 15) is 0 Å². The van der Waals surface area contributed by atoms with Crippen LogP contribution in [0.15, 0.2) is 60.7 Å². The summed E-state index contributed by atoms with van der Waals surface area (Å²) in [5.41, 5.74) is 10.4. The van der Waals surface area contributed by atoms with E-state index in [1.165, 1.54) is 5.56 Å². The van der Waals surface area contributed by atoms with Crippen molar-refractivity contribution in [1.29, 1.82) is 0 Å². The first kappa shape index (κ1) is 10.8. The highest BCUT2D eigenvalue weighted by Gasteiger charge is 2.15. The number of benzene rings is 2. The zero-order valence-corrected chi connectivity index (χ0v) is 10.3. The molecule has 2 N–H and O–H groups in total. The van der Waals surface area contributed by atoms with Crippen LogP contribution < -0.4 is 10.3 Å². The van der Waals surface area contributed by atoms with E-state index in [0.717, 1.165) is 22.3 Å². The minimum Gasteiger partial charge on any atom is -0.398 e. The molecule has 1 aromatic heterocycles. The molecule has 0 fully saturated rings. The third-order valence-electron chi connectivity index (χ3n) is 3.30. The summed E-state index contributed by atoms with van der Waals surface area (Å²) in [4.78, 5) is 0. The molecular formula is C16H15N2+. The van der Waals surface area contributed by atoms with Gasteiger partial charge in [0, 0.05) is 17.7 Å². The Bertz CT molecular complexity index is 703. The molecular weight excluding hydrogens is 220 g/mol. The Morgan fingerprint density at radius 3 is 2.33 bits per heavy atom. The molecule has 0 aliphatic rings. The lowest BCUT2D eigenvalue weighted by Crippen LogP contribution is -2.32. The van der Waals surface area contributed by atoms with E-state index in [4.69, 9.17) is 5.73 Å². The lowest BCUT2D eigenvalue weighted by Gasteiger charge is -2.06. The normalized spacial score (nSPS) is 10.7. The molecule has 1 heterocycles. The summed E-state index contributed by atoms with van der Waals surface area (Å²) in [7, 11) is 2.07. The molecule has 0 saturated carbocycles. The Hall–Kier alpha value is -2.35. The van der Waals surface area contributed by atoms with Gasteiger partial charge in [-0.15, -0.1) is 0 Å². The average Bonchev–Trinajstić information content (AvgIpc) is 2.44. The van der Waals surface area contributed by atoms with Gasteiger partial charge in [0.15, 0.2) is 0 Å². The average molecular weight is 235 g/mol. The van der Waals surface area contributed by atoms with E-state index >= 15 is 0 Å². The van der Waals surface area contributed by atoms with Gasteiger partial charge < -0.3 is 5.73 Å². The minimum atomic E-state index is 0.822. The second-order valence-electron chi connectivity index (χ2n) is 4.43. The number of hydrogen-bond donors (Lipinski definition) is 1. The lowest BCUT2D eigenvalue weighted by molar-refractivity contribution is -0.633. The van der Waals surface area contributed by atoms with Gasteiger partial charge in [0.2, 0.25) is 11.2 Å². The fourth-order valence-corrected chi connectivity index (χ4v) is 2.35. The first-order valence-electron chi connectivity index (χ1n) is 6.00. The van der Waals surface area contributed by atoms with Crippen LogP contribution in [0, 0.1) is 0 Å². The van der Waals surface area contributed by atoms with Crippen molar-refractivity contribution in [1.82, 2.24) is 0 Å². The number of nitrogen functional groups attached to an aromatic ring is 1. The van der Waals surface area contributed by atoms with Crippen molar-refractivity contribution in [2.45, 2.75) is 0 Å². The molecule has 0 spiro atoms. The predicted molar refractivity (Wildman–Crippen MR) is 75.0 cm³/mol. The van der Waals surface area contributed by atoms with E-state index < -0.39 is 0 Å². The smallest absolute Gasteiger partial charge is 0.214 e. The third kappa shape index (κ3) is 1.63. The summed E-state index contributed by atoms with van der Waals surface area (Å²) in [6, 6.07) is 20.6. The number of rotatable bonds is 1. The van der Waals surface area contributed by atoms with Crippen LogP contribution in [0.2, 0.25) is 0 Å². The second kappa shape index (κ2) is 4.15. The number of aromatic nitrogens is 1. The fourth-order valence-electron chi connectivity index (χ4n) is 2.35. The van der Waals surface area contributed by atoms with Gasteiger partial charge in [-0.25, -0.2) is 0 Å². The maximum absolute atomic E-state index is 6.15. The number of nitrogens with zero attached hydrogens (tertiary/aromatic N) is 1. The van der Waals surface area contributed by atoms with Crippen LogP contribution in [0.1, 0.15) is 0 Å². The standard InChI is InChI=1S/C16H14N2/c1-18-15-10-6-5-9-13(15)14(17)11-16(18)12-7-3-2-4-8-12/h2-11,17H,1H3/p+1. The molecule has 88 valence electrons. The first-order valence-corrected chi connectivity index (χ1v) is 6.00. The molecule has 0 unspecified atom stereocenters. The topological polar surface area (TPSA) is 29.9 Å². The van der Waals surface area contributed by atoms with E-state index in [1.54, 1.807) is 0 Å². The van der Waals surface area contributed by atoms with Gasteiger partial charge in [-0.3, -0.25) is 0 Å². The van der Waals surface area contributed by atoms with Crippen LogP contribution in [-0.4, -0.2) is 0 Å². The molecule has 0 aliphatic heterocycles. The molecule has 0 radical (unpaired) electrons. The minimum absolute atomic E-state index is 0.822. The number of hydrogen-bond acceptors (Lipinski definition) is 1. The summed E-state index contributed by atoms with van der Waals surface area (Å²) in [5, 5.41) is 1.10. The van der Waals surface area contributed by atoms with Gasteiger partial charge in [0.1, 0.15) is 7.05 Å². The number of para-hydroxylation sites is 1. The molecule has 2 heteroatoms. The van der Waals surface area contributed by atoms with Gasteiger partial charge >= 0.3 is 0 Å². The Morgan fingerprint density at radius 2 is 1.56 bits per heavy atom. The van der Waals surface area contributed by atoms with Crippen molar-refractivity contribution in [2.75, 3.05) is 5.73 Å². The van der Waals surface area contributed by atoms with Crippen molar-refractivity contribution >= 4 is 16.6 Å². The van der Waals surface area contributed by atoms with E-state index in [1.807, 2.05) is 36.4 Å². The number of fused-ring (bicyclic) bond motifs is 1. The van der Waals surface area contributed by atoms with Crippen LogP contribution in [0.5, 0.6) is 0 Å². The maximum Gasteiger partial charge on any atom is 0.214 e. The molecule has 0 bridgehead atoms. The highest BCUT2D eigenvalue weighted by molar-refractivity contribution is 5.89. The molecule has 0 amide bonds. The van der Waals surface area contributed by atoms with Crippen molar-refractivity contribution in [2.24, 2.45) is 7.05 Å². The largest absolute Gasteiger partial charge is 0.398 e. The quantitative estimate of drug-likeness (QED) is 0.646. The molecule has 18 heavy (non-hydrogen) atoms. The van der Waals surface area contributed by atoms with Gasteiger partial charge in [0.05, 0.1) is 11.1 Å². The Morgan fingerprint density at radius 1 is 0.889 bits per heavy atom. The fraction of sp³-hybridized carbons (Fsp3) is 0.0625. The zero-order chi connectivity index (χ0) is 12.5. The van der Waals surface area contributed by atoms with Crippen LogP contribution >= 0.6 is 0 Å². The van der Waals surface area contributed by atoms with E-state index in [-0.39, 0.29) is 0 Å². The molecule has 2 nitrogen and oxygen atoms in total. The lowest BCUT2D eigenvalue weighted by atomic mass is 10.1. The zero-order valence-electron chi connectivity index (χ0n) is 10.3. The maximum atomic E-state index is 6.15. The highest BCUT2D eigenvalue weighted by Crippen LogP contribution is 2.24. The Labute approximate surface area is 106 Å². The summed E-state index contributed by atoms with van der Waals surface area (Å²) >= 11 is 0. The van der Waals surface area contributed by atoms with E-state index in [2.05, 4.69) is 35.9 Å². The molecule has 0 saturated heterocycles. The van der Waals surface area contributed by atoms with Gasteiger partial charge in [-0.05, 0) is 18.2 Å². The molecule has 0 atom stereocenters. The summed E-state index contributed by atoms with van der Waals surface area (Å²) in [6.07, 6.45) is 0. The van der Waals surface area contributed by atoms with Gasteiger partial charge in [-0.1, -0.05) is 30.3 Å². The predicted octanol–water partition coefficient (Wildman–Crippen LogP) is 2.91. The van der Waals surface area contributed by atoms with Crippen molar-refractivity contribution in [3.05, 3.63) is 60.7 Å². The van der Waals surface area contributed by atoms with Gasteiger partial charge in [-0.2, -0.15) is 4.57 Å². The summed E-state index contributed by atoms with van der Waals surface area (Å²) < 4.78 is 2.18. The van der Waals surface area contributed by atoms with Crippen LogP contribution in [-0.2, 0) is 7.05 Å². The molecule has 0 aliphatic carbocycles. The Kier molecular flexibility index (Phi) is 2.49. The monoisotopic (exact) mass is 235 g/mol. The Balaban J connectivity index is 2.35.